The van der Waals surface area contributed by atoms with E-state index in [1.54, 1.807) is 0 Å². The fraction of sp³-hybridized carbons (Fsp3) is 0.333. The topological polar surface area (TPSA) is 30.0 Å². The van der Waals surface area contributed by atoms with Gasteiger partial charge < -0.3 is 0 Å². The summed E-state index contributed by atoms with van der Waals surface area (Å²) in [5.74, 6) is -0.939. The van der Waals surface area contributed by atoms with Crippen molar-refractivity contribution < 1.29 is 9.18 Å². The molecule has 0 spiro atoms. The predicted octanol–water partition coefficient (Wildman–Crippen LogP) is 2.77. The fourth-order valence-corrected chi connectivity index (χ4v) is 2.13. The van der Waals surface area contributed by atoms with Gasteiger partial charge in [-0.1, -0.05) is 27.5 Å². The number of carbonyl (C=O) groups is 1. The zero-order chi connectivity index (χ0) is 10.3. The van der Waals surface area contributed by atoms with Gasteiger partial charge in [-0.25, -0.2) is 9.37 Å². The van der Waals surface area contributed by atoms with Crippen molar-refractivity contribution in [1.29, 1.82) is 0 Å². The maximum absolute atomic E-state index is 13.5. The largest absolute Gasteiger partial charge is 0.293 e. The van der Waals surface area contributed by atoms with Gasteiger partial charge in [0.05, 0.1) is 10.4 Å². The third-order valence-electron chi connectivity index (χ3n) is 2.25. The number of hydrogen-bond acceptors (Lipinski definition) is 2. The molecule has 2 rings (SSSR count). The summed E-state index contributed by atoms with van der Waals surface area (Å²) in [5.41, 5.74) is 0.741. The van der Waals surface area contributed by atoms with Crippen LogP contribution in [-0.2, 0) is 6.42 Å². The van der Waals surface area contributed by atoms with Gasteiger partial charge in [-0.2, -0.15) is 0 Å². The van der Waals surface area contributed by atoms with Crippen molar-refractivity contribution >= 4 is 33.3 Å². The highest BCUT2D eigenvalue weighted by Crippen LogP contribution is 2.29. The smallest absolute Gasteiger partial charge is 0.179 e. The Morgan fingerprint density at radius 2 is 2.36 bits per heavy atom. The normalized spacial score (nSPS) is 20.8. The molecule has 0 N–H and O–H groups in total. The summed E-state index contributed by atoms with van der Waals surface area (Å²) in [6.45, 7) is 0. The van der Waals surface area contributed by atoms with Crippen LogP contribution in [-0.4, -0.2) is 15.6 Å². The molecule has 2 nitrogen and oxygen atoms in total. The highest BCUT2D eigenvalue weighted by Gasteiger charge is 2.29. The van der Waals surface area contributed by atoms with Crippen LogP contribution in [0.1, 0.15) is 22.3 Å². The number of fused-ring (bicyclic) bond motifs is 1. The maximum atomic E-state index is 13.5. The Labute approximate surface area is 93.6 Å². The number of alkyl halides is 1. The van der Waals surface area contributed by atoms with E-state index in [9.17, 15) is 9.18 Å². The first-order valence-corrected chi connectivity index (χ1v) is 5.41. The van der Waals surface area contributed by atoms with Gasteiger partial charge in [-0.05, 0) is 18.4 Å². The van der Waals surface area contributed by atoms with Crippen molar-refractivity contribution in [2.24, 2.45) is 0 Å². The Morgan fingerprint density at radius 3 is 3.07 bits per heavy atom. The van der Waals surface area contributed by atoms with Crippen LogP contribution in [0.25, 0.3) is 0 Å². The van der Waals surface area contributed by atoms with E-state index in [4.69, 9.17) is 11.6 Å². The van der Waals surface area contributed by atoms with Gasteiger partial charge in [0.1, 0.15) is 0 Å². The molecule has 0 saturated heterocycles. The number of aromatic nitrogens is 1. The van der Waals surface area contributed by atoms with Gasteiger partial charge in [0.2, 0.25) is 0 Å². The number of pyridine rings is 1. The molecule has 5 heteroatoms. The zero-order valence-electron chi connectivity index (χ0n) is 7.06. The molecule has 0 fully saturated rings. The lowest BCUT2D eigenvalue weighted by Gasteiger charge is -2.19. The molecule has 1 unspecified atom stereocenters. The van der Waals surface area contributed by atoms with Gasteiger partial charge in [0.15, 0.2) is 16.8 Å². The van der Waals surface area contributed by atoms with E-state index in [1.807, 2.05) is 0 Å². The van der Waals surface area contributed by atoms with Gasteiger partial charge >= 0.3 is 0 Å². The van der Waals surface area contributed by atoms with Crippen LogP contribution >= 0.6 is 27.5 Å². The Balaban J connectivity index is 2.62. The monoisotopic (exact) mass is 277 g/mol. The number of ketones is 1. The van der Waals surface area contributed by atoms with Crippen LogP contribution < -0.4 is 0 Å². The molecule has 74 valence electrons. The first-order valence-electron chi connectivity index (χ1n) is 4.12. The van der Waals surface area contributed by atoms with E-state index in [1.165, 1.54) is 6.20 Å². The first-order chi connectivity index (χ1) is 6.61. The van der Waals surface area contributed by atoms with Crippen LogP contribution in [0.2, 0.25) is 5.15 Å². The summed E-state index contributed by atoms with van der Waals surface area (Å²) in [6.07, 6.45) is 2.80. The molecule has 1 aliphatic rings. The van der Waals surface area contributed by atoms with E-state index >= 15 is 0 Å². The Morgan fingerprint density at radius 1 is 1.64 bits per heavy atom. The van der Waals surface area contributed by atoms with Crippen LogP contribution in [0.4, 0.5) is 4.39 Å². The molecule has 0 bridgehead atoms. The minimum absolute atomic E-state index is 0.0955. The van der Waals surface area contributed by atoms with Crippen LogP contribution in [0, 0.1) is 5.82 Å². The minimum Gasteiger partial charge on any atom is -0.293 e. The summed E-state index contributed by atoms with van der Waals surface area (Å²) in [5, 5.41) is -0.237. The quantitative estimate of drug-likeness (QED) is 0.539. The van der Waals surface area contributed by atoms with Crippen molar-refractivity contribution in [2.75, 3.05) is 0 Å². The zero-order valence-corrected chi connectivity index (χ0v) is 9.40. The van der Waals surface area contributed by atoms with E-state index in [-0.39, 0.29) is 21.3 Å². The molecule has 0 saturated carbocycles. The predicted molar refractivity (Wildman–Crippen MR) is 54.6 cm³/mol. The second-order valence-corrected chi connectivity index (χ2v) is 4.60. The molecular formula is C9H6BrClFNO. The van der Waals surface area contributed by atoms with E-state index in [0.29, 0.717) is 18.4 Å². The van der Waals surface area contributed by atoms with Crippen molar-refractivity contribution in [3.05, 3.63) is 28.3 Å². The fourth-order valence-electron chi connectivity index (χ4n) is 1.53. The van der Waals surface area contributed by atoms with Crippen LogP contribution in [0.15, 0.2) is 6.20 Å². The SMILES string of the molecule is O=C1c2c(cnc(Cl)c2F)CCC1Br. The van der Waals surface area contributed by atoms with Gasteiger partial charge in [0, 0.05) is 6.20 Å². The summed E-state index contributed by atoms with van der Waals surface area (Å²) in [7, 11) is 0. The Hall–Kier alpha value is -0.480. The van der Waals surface area contributed by atoms with Crippen LogP contribution in [0.3, 0.4) is 0 Å². The summed E-state index contributed by atoms with van der Waals surface area (Å²) in [6, 6.07) is 0. The van der Waals surface area contributed by atoms with Gasteiger partial charge in [-0.3, -0.25) is 4.79 Å². The lowest BCUT2D eigenvalue weighted by molar-refractivity contribution is 0.0977. The molecule has 1 heterocycles. The summed E-state index contributed by atoms with van der Waals surface area (Å²) in [4.78, 5) is 15.0. The highest BCUT2D eigenvalue weighted by molar-refractivity contribution is 9.10. The number of rotatable bonds is 0. The second-order valence-electron chi connectivity index (χ2n) is 3.13. The Kier molecular flexibility index (Phi) is 2.58. The first kappa shape index (κ1) is 10.1. The highest BCUT2D eigenvalue weighted by atomic mass is 79.9. The number of hydrogen-bond donors (Lipinski definition) is 0. The molecule has 1 aromatic heterocycles. The molecule has 0 aliphatic heterocycles. The maximum Gasteiger partial charge on any atom is 0.179 e. The van der Waals surface area contributed by atoms with E-state index < -0.39 is 5.82 Å². The molecule has 1 atom stereocenters. The molecule has 0 aromatic carbocycles. The molecule has 1 aromatic rings. The van der Waals surface area contributed by atoms with Gasteiger partial charge in [-0.15, -0.1) is 0 Å². The second kappa shape index (κ2) is 3.59. The number of halogens is 3. The molecule has 0 amide bonds. The van der Waals surface area contributed by atoms with Crippen LogP contribution in [0.5, 0.6) is 0 Å². The van der Waals surface area contributed by atoms with Crippen molar-refractivity contribution in [1.82, 2.24) is 4.98 Å². The lowest BCUT2D eigenvalue weighted by atomic mass is 9.92. The molecular weight excluding hydrogens is 272 g/mol. The summed E-state index contributed by atoms with van der Waals surface area (Å²) >= 11 is 8.71. The minimum atomic E-state index is -0.696. The third kappa shape index (κ3) is 1.46. The number of carbonyl (C=O) groups excluding carboxylic acids is 1. The Bertz CT molecular complexity index is 410. The number of aryl methyl sites for hydroxylation is 1. The van der Waals surface area contributed by atoms with E-state index in [0.717, 1.165) is 0 Å². The molecule has 1 aliphatic carbocycles. The van der Waals surface area contributed by atoms with Gasteiger partial charge in [0.25, 0.3) is 0 Å². The van der Waals surface area contributed by atoms with Crippen molar-refractivity contribution in [3.63, 3.8) is 0 Å². The van der Waals surface area contributed by atoms with Crippen molar-refractivity contribution in [3.8, 4) is 0 Å². The third-order valence-corrected chi connectivity index (χ3v) is 3.39. The number of nitrogens with zero attached hydrogens (tertiary/aromatic N) is 1. The summed E-state index contributed by atoms with van der Waals surface area (Å²) < 4.78 is 13.5. The lowest BCUT2D eigenvalue weighted by Crippen LogP contribution is -2.24. The average molecular weight is 279 g/mol. The molecule has 14 heavy (non-hydrogen) atoms. The number of Topliss-reactive ketones (excluding diaryl/α,β-unsaturated/α-hetero) is 1. The standard InChI is InChI=1S/C9H6BrClFNO/c10-5-2-1-4-3-13-9(11)7(12)6(4)8(5)14/h3,5H,1-2H2. The van der Waals surface area contributed by atoms with E-state index in [2.05, 4.69) is 20.9 Å². The van der Waals surface area contributed by atoms with Crippen molar-refractivity contribution in [2.45, 2.75) is 17.7 Å². The average Bonchev–Trinajstić information content (AvgIpc) is 2.17. The molecule has 0 radical (unpaired) electrons.